The molecule has 0 radical (unpaired) electrons. The molecule has 4 heteroatoms. The van der Waals surface area contributed by atoms with Crippen molar-refractivity contribution in [3.63, 3.8) is 0 Å². The van der Waals surface area contributed by atoms with Crippen molar-refractivity contribution in [2.45, 2.75) is 51.6 Å². The third-order valence-electron chi connectivity index (χ3n) is 3.60. The fraction of sp³-hybridized carbons (Fsp3) is 0.571. The van der Waals surface area contributed by atoms with Gasteiger partial charge in [0.15, 0.2) is 0 Å². The lowest BCUT2D eigenvalue weighted by Crippen LogP contribution is -2.43. The van der Waals surface area contributed by atoms with Crippen LogP contribution in [0.3, 0.4) is 0 Å². The van der Waals surface area contributed by atoms with Crippen molar-refractivity contribution in [2.75, 3.05) is 5.32 Å². The molecule has 18 heavy (non-hydrogen) atoms. The molecule has 0 saturated heterocycles. The summed E-state index contributed by atoms with van der Waals surface area (Å²) >= 11 is 0. The van der Waals surface area contributed by atoms with Gasteiger partial charge in [-0.25, -0.2) is 4.98 Å². The van der Waals surface area contributed by atoms with Crippen molar-refractivity contribution in [1.82, 2.24) is 4.98 Å². The molecule has 1 aliphatic carbocycles. The molecule has 96 valence electrons. The van der Waals surface area contributed by atoms with E-state index in [1.54, 1.807) is 0 Å². The summed E-state index contributed by atoms with van der Waals surface area (Å²) in [6.45, 7) is 3.89. The first-order chi connectivity index (χ1) is 8.61. The van der Waals surface area contributed by atoms with Crippen LogP contribution in [-0.4, -0.2) is 17.1 Å². The van der Waals surface area contributed by atoms with E-state index in [9.17, 15) is 5.26 Å². The van der Waals surface area contributed by atoms with Crippen molar-refractivity contribution in [3.8, 4) is 6.07 Å². The first-order valence-corrected chi connectivity index (χ1v) is 6.52. The van der Waals surface area contributed by atoms with Gasteiger partial charge < -0.3 is 11.1 Å². The van der Waals surface area contributed by atoms with Crippen LogP contribution < -0.4 is 11.1 Å². The van der Waals surface area contributed by atoms with E-state index in [4.69, 9.17) is 5.73 Å². The van der Waals surface area contributed by atoms with Gasteiger partial charge in [-0.15, -0.1) is 0 Å². The quantitative estimate of drug-likeness (QED) is 0.836. The molecule has 1 aromatic rings. The third-order valence-corrected chi connectivity index (χ3v) is 3.60. The number of pyridine rings is 1. The normalized spacial score (nSPS) is 23.4. The molecule has 2 atom stereocenters. The topological polar surface area (TPSA) is 74.7 Å². The molecule has 0 aromatic carbocycles. The smallest absolute Gasteiger partial charge is 0.144 e. The highest BCUT2D eigenvalue weighted by molar-refractivity contribution is 5.57. The summed E-state index contributed by atoms with van der Waals surface area (Å²) < 4.78 is 0. The number of aryl methyl sites for hydroxylation is 2. The number of nitrogens with one attached hydrogen (secondary N) is 1. The lowest BCUT2D eigenvalue weighted by molar-refractivity contribution is 0.403. The van der Waals surface area contributed by atoms with E-state index in [0.717, 1.165) is 24.1 Å². The predicted octanol–water partition coefficient (Wildman–Crippen LogP) is 2.25. The zero-order valence-electron chi connectivity index (χ0n) is 11.0. The maximum atomic E-state index is 9.22. The zero-order chi connectivity index (χ0) is 13.1. The Kier molecular flexibility index (Phi) is 3.83. The number of hydrogen-bond acceptors (Lipinski definition) is 4. The highest BCUT2D eigenvalue weighted by atomic mass is 15.0. The lowest BCUT2D eigenvalue weighted by atomic mass is 9.91. The van der Waals surface area contributed by atoms with E-state index in [2.05, 4.69) is 16.4 Å². The fourth-order valence-electron chi connectivity index (χ4n) is 2.60. The Morgan fingerprint density at radius 1 is 1.39 bits per heavy atom. The highest BCUT2D eigenvalue weighted by Gasteiger charge is 2.23. The molecule has 0 amide bonds. The van der Waals surface area contributed by atoms with Gasteiger partial charge in [-0.3, -0.25) is 0 Å². The molecule has 1 aliphatic rings. The molecule has 3 N–H and O–H groups in total. The second-order valence-electron chi connectivity index (χ2n) is 5.12. The van der Waals surface area contributed by atoms with Gasteiger partial charge in [-0.2, -0.15) is 5.26 Å². The number of aromatic nitrogens is 1. The van der Waals surface area contributed by atoms with E-state index in [-0.39, 0.29) is 12.1 Å². The molecule has 1 aromatic heterocycles. The Morgan fingerprint density at radius 3 is 2.78 bits per heavy atom. The van der Waals surface area contributed by atoms with Crippen molar-refractivity contribution in [2.24, 2.45) is 5.73 Å². The highest BCUT2D eigenvalue weighted by Crippen LogP contribution is 2.23. The van der Waals surface area contributed by atoms with Crippen LogP contribution in [0, 0.1) is 25.2 Å². The molecule has 0 aliphatic heterocycles. The summed E-state index contributed by atoms with van der Waals surface area (Å²) in [4.78, 5) is 4.44. The van der Waals surface area contributed by atoms with Gasteiger partial charge in [0.2, 0.25) is 0 Å². The minimum atomic E-state index is 0.160. The molecule has 4 nitrogen and oxygen atoms in total. The third kappa shape index (κ3) is 2.62. The molecule has 0 unspecified atom stereocenters. The average Bonchev–Trinajstić information content (AvgIpc) is 2.31. The molecule has 2 rings (SSSR count). The number of nitrogens with zero attached hydrogens (tertiary/aromatic N) is 2. The molecule has 0 spiro atoms. The molecule has 1 saturated carbocycles. The van der Waals surface area contributed by atoms with Gasteiger partial charge in [-0.05, 0) is 38.3 Å². The van der Waals surface area contributed by atoms with E-state index < -0.39 is 0 Å². The standard InChI is InChI=1S/C14H20N4/c1-9-7-10(2)17-14(11(9)8-15)18-13-6-4-3-5-12(13)16/h7,12-13H,3-6,16H2,1-2H3,(H,17,18)/t12-,13-/m1/s1. The van der Waals surface area contributed by atoms with E-state index >= 15 is 0 Å². The van der Waals surface area contributed by atoms with Gasteiger partial charge in [0.1, 0.15) is 11.9 Å². The Morgan fingerprint density at radius 2 is 2.11 bits per heavy atom. The molecule has 1 heterocycles. The number of nitriles is 1. The van der Waals surface area contributed by atoms with Crippen LogP contribution in [-0.2, 0) is 0 Å². The monoisotopic (exact) mass is 244 g/mol. The lowest BCUT2D eigenvalue weighted by Gasteiger charge is -2.30. The Hall–Kier alpha value is -1.60. The fourth-order valence-corrected chi connectivity index (χ4v) is 2.60. The van der Waals surface area contributed by atoms with Crippen LogP contribution in [0.2, 0.25) is 0 Å². The van der Waals surface area contributed by atoms with Crippen LogP contribution in [0.1, 0.15) is 42.5 Å². The Bertz CT molecular complexity index is 475. The summed E-state index contributed by atoms with van der Waals surface area (Å²) in [7, 11) is 0. The van der Waals surface area contributed by atoms with Gasteiger partial charge in [0.25, 0.3) is 0 Å². The number of nitrogens with two attached hydrogens (primary N) is 1. The van der Waals surface area contributed by atoms with E-state index in [1.165, 1.54) is 12.8 Å². The zero-order valence-corrected chi connectivity index (χ0v) is 11.0. The molecule has 0 bridgehead atoms. The van der Waals surface area contributed by atoms with E-state index in [1.807, 2.05) is 19.9 Å². The maximum absolute atomic E-state index is 9.22. The second kappa shape index (κ2) is 5.36. The second-order valence-corrected chi connectivity index (χ2v) is 5.12. The van der Waals surface area contributed by atoms with Crippen molar-refractivity contribution >= 4 is 5.82 Å². The maximum Gasteiger partial charge on any atom is 0.144 e. The molecular formula is C14H20N4. The summed E-state index contributed by atoms with van der Waals surface area (Å²) in [6.07, 6.45) is 4.49. The summed E-state index contributed by atoms with van der Waals surface area (Å²) in [6, 6.07) is 4.56. The largest absolute Gasteiger partial charge is 0.365 e. The van der Waals surface area contributed by atoms with Gasteiger partial charge in [0.05, 0.1) is 5.56 Å². The van der Waals surface area contributed by atoms with Gasteiger partial charge in [-0.1, -0.05) is 12.8 Å². The van der Waals surface area contributed by atoms with Crippen molar-refractivity contribution in [3.05, 3.63) is 22.9 Å². The molecule has 1 fully saturated rings. The summed E-state index contributed by atoms with van der Waals surface area (Å²) in [5.74, 6) is 0.692. The first-order valence-electron chi connectivity index (χ1n) is 6.52. The average molecular weight is 244 g/mol. The minimum absolute atomic E-state index is 0.160. The van der Waals surface area contributed by atoms with Crippen LogP contribution >= 0.6 is 0 Å². The minimum Gasteiger partial charge on any atom is -0.365 e. The van der Waals surface area contributed by atoms with Crippen molar-refractivity contribution < 1.29 is 0 Å². The Balaban J connectivity index is 2.25. The van der Waals surface area contributed by atoms with Gasteiger partial charge in [0, 0.05) is 17.8 Å². The first kappa shape index (κ1) is 12.8. The van der Waals surface area contributed by atoms with Crippen LogP contribution in [0.15, 0.2) is 6.07 Å². The number of rotatable bonds is 2. The van der Waals surface area contributed by atoms with Crippen LogP contribution in [0.5, 0.6) is 0 Å². The van der Waals surface area contributed by atoms with Crippen LogP contribution in [0.25, 0.3) is 0 Å². The molecular weight excluding hydrogens is 224 g/mol. The summed E-state index contributed by atoms with van der Waals surface area (Å²) in [5, 5.41) is 12.6. The van der Waals surface area contributed by atoms with E-state index in [0.29, 0.717) is 11.4 Å². The number of anilines is 1. The Labute approximate surface area is 108 Å². The van der Waals surface area contributed by atoms with Crippen molar-refractivity contribution in [1.29, 1.82) is 5.26 Å². The number of hydrogen-bond donors (Lipinski definition) is 2. The van der Waals surface area contributed by atoms with Crippen LogP contribution in [0.4, 0.5) is 5.82 Å². The van der Waals surface area contributed by atoms with Gasteiger partial charge >= 0.3 is 0 Å². The predicted molar refractivity (Wildman–Crippen MR) is 72.3 cm³/mol. The summed E-state index contributed by atoms with van der Waals surface area (Å²) in [5.41, 5.74) is 8.66. The SMILES string of the molecule is Cc1cc(C)c(C#N)c(N[C@@H]2CCCC[C@H]2N)n1.